The Kier molecular flexibility index (Phi) is 4.84. The minimum absolute atomic E-state index is 0.0735. The molecule has 1 amide bonds. The molecule has 0 spiro atoms. The average Bonchev–Trinajstić information content (AvgIpc) is 2.64. The van der Waals surface area contributed by atoms with Gasteiger partial charge in [0.15, 0.2) is 0 Å². The van der Waals surface area contributed by atoms with E-state index in [0.717, 1.165) is 10.1 Å². The van der Waals surface area contributed by atoms with Crippen molar-refractivity contribution < 1.29 is 9.72 Å². The number of nitrogens with one attached hydrogen (secondary N) is 1. The molecule has 0 unspecified atom stereocenters. The number of hydrogen-bond donors (Lipinski definition) is 1. The van der Waals surface area contributed by atoms with E-state index in [1.165, 1.54) is 30.6 Å². The van der Waals surface area contributed by atoms with Crippen molar-refractivity contribution in [3.63, 3.8) is 0 Å². The maximum Gasteiger partial charge on any atom is 0.292 e. The Bertz CT molecular complexity index is 1010. The van der Waals surface area contributed by atoms with Gasteiger partial charge in [0.25, 0.3) is 11.2 Å². The summed E-state index contributed by atoms with van der Waals surface area (Å²) in [6.45, 7) is -0.299. The lowest BCUT2D eigenvalue weighted by atomic mass is 10.1. The Morgan fingerprint density at radius 2 is 1.81 bits per heavy atom. The Morgan fingerprint density at radius 3 is 2.50 bits per heavy atom. The number of nitrogens with zero attached hydrogens (tertiary/aromatic N) is 3. The highest BCUT2D eigenvalue weighted by atomic mass is 16.6. The topological polar surface area (TPSA) is 107 Å². The van der Waals surface area contributed by atoms with E-state index in [2.05, 4.69) is 10.3 Å². The van der Waals surface area contributed by atoms with Crippen molar-refractivity contribution in [3.8, 4) is 11.3 Å². The van der Waals surface area contributed by atoms with E-state index < -0.39 is 16.4 Å². The number of carbonyl (C=O) groups is 1. The molecule has 0 radical (unpaired) electrons. The van der Waals surface area contributed by atoms with Crippen LogP contribution in [0.2, 0.25) is 0 Å². The Hall–Kier alpha value is -3.81. The second-order valence-electron chi connectivity index (χ2n) is 5.43. The van der Waals surface area contributed by atoms with Crippen LogP contribution in [0.15, 0.2) is 71.8 Å². The van der Waals surface area contributed by atoms with Crippen LogP contribution in [-0.4, -0.2) is 20.4 Å². The van der Waals surface area contributed by atoms with Crippen LogP contribution in [-0.2, 0) is 11.3 Å². The molecule has 3 aromatic rings. The third-order valence-corrected chi connectivity index (χ3v) is 3.64. The van der Waals surface area contributed by atoms with Gasteiger partial charge in [-0.25, -0.2) is 4.98 Å². The SMILES string of the molecule is O=C(Cn1cnc(-c2ccccc2)cc1=O)Nc1ccccc1[N+](=O)[O-]. The number of rotatable bonds is 5. The molecular weight excluding hydrogens is 336 g/mol. The molecule has 0 atom stereocenters. The molecule has 0 saturated carbocycles. The summed E-state index contributed by atoms with van der Waals surface area (Å²) in [4.78, 5) is 38.9. The summed E-state index contributed by atoms with van der Waals surface area (Å²) in [6, 6.07) is 16.3. The normalized spacial score (nSPS) is 10.3. The van der Waals surface area contributed by atoms with Gasteiger partial charge in [0.05, 0.1) is 16.9 Å². The summed E-state index contributed by atoms with van der Waals surface area (Å²) in [6.07, 6.45) is 1.28. The van der Waals surface area contributed by atoms with E-state index in [0.29, 0.717) is 5.69 Å². The van der Waals surface area contributed by atoms with Gasteiger partial charge in [-0.1, -0.05) is 42.5 Å². The summed E-state index contributed by atoms with van der Waals surface area (Å²) in [5.74, 6) is -0.560. The van der Waals surface area contributed by atoms with E-state index in [1.54, 1.807) is 6.07 Å². The molecule has 1 heterocycles. The number of para-hydroxylation sites is 2. The number of nitro benzene ring substituents is 1. The molecule has 1 aromatic heterocycles. The third-order valence-electron chi connectivity index (χ3n) is 3.64. The average molecular weight is 350 g/mol. The fourth-order valence-corrected chi connectivity index (χ4v) is 2.39. The van der Waals surface area contributed by atoms with Crippen molar-refractivity contribution >= 4 is 17.3 Å². The fourth-order valence-electron chi connectivity index (χ4n) is 2.39. The Labute approximate surface area is 147 Å². The summed E-state index contributed by atoms with van der Waals surface area (Å²) < 4.78 is 1.14. The van der Waals surface area contributed by atoms with Crippen LogP contribution >= 0.6 is 0 Å². The molecule has 1 N–H and O–H groups in total. The van der Waals surface area contributed by atoms with Crippen LogP contribution in [0.5, 0.6) is 0 Å². The van der Waals surface area contributed by atoms with E-state index >= 15 is 0 Å². The number of benzene rings is 2. The number of nitro groups is 1. The molecule has 26 heavy (non-hydrogen) atoms. The molecule has 0 fully saturated rings. The molecule has 0 aliphatic rings. The first-order valence-corrected chi connectivity index (χ1v) is 7.70. The zero-order chi connectivity index (χ0) is 18.5. The molecule has 0 bridgehead atoms. The molecule has 8 nitrogen and oxygen atoms in total. The molecule has 3 rings (SSSR count). The lowest BCUT2D eigenvalue weighted by molar-refractivity contribution is -0.383. The van der Waals surface area contributed by atoms with Gasteiger partial charge in [-0.15, -0.1) is 0 Å². The summed E-state index contributed by atoms with van der Waals surface area (Å²) in [7, 11) is 0. The fraction of sp³-hybridized carbons (Fsp3) is 0.0556. The second kappa shape index (κ2) is 7.39. The van der Waals surface area contributed by atoms with Crippen molar-refractivity contribution in [3.05, 3.63) is 87.5 Å². The summed E-state index contributed by atoms with van der Waals surface area (Å²) in [5.41, 5.74) is 0.763. The first-order valence-electron chi connectivity index (χ1n) is 7.70. The highest BCUT2D eigenvalue weighted by Crippen LogP contribution is 2.23. The van der Waals surface area contributed by atoms with Gasteiger partial charge >= 0.3 is 0 Å². The standard InChI is InChI=1S/C18H14N4O4/c23-17(20-14-8-4-5-9-16(14)22(25)26)11-21-12-19-15(10-18(21)24)13-6-2-1-3-7-13/h1-10,12H,11H2,(H,20,23). The van der Waals surface area contributed by atoms with Crippen molar-refractivity contribution in [1.82, 2.24) is 9.55 Å². The largest absolute Gasteiger partial charge is 0.319 e. The highest BCUT2D eigenvalue weighted by molar-refractivity contribution is 5.92. The molecule has 0 aliphatic carbocycles. The number of hydrogen-bond acceptors (Lipinski definition) is 5. The van der Waals surface area contributed by atoms with E-state index in [-0.39, 0.29) is 17.9 Å². The summed E-state index contributed by atoms with van der Waals surface area (Å²) >= 11 is 0. The Morgan fingerprint density at radius 1 is 1.12 bits per heavy atom. The van der Waals surface area contributed by atoms with Crippen LogP contribution in [0.4, 0.5) is 11.4 Å². The van der Waals surface area contributed by atoms with Crippen LogP contribution in [0.1, 0.15) is 0 Å². The molecule has 130 valence electrons. The second-order valence-corrected chi connectivity index (χ2v) is 5.43. The maximum absolute atomic E-state index is 12.2. The molecule has 0 aliphatic heterocycles. The lowest BCUT2D eigenvalue weighted by Crippen LogP contribution is -2.27. The van der Waals surface area contributed by atoms with Crippen LogP contribution < -0.4 is 10.9 Å². The van der Waals surface area contributed by atoms with Gasteiger partial charge in [-0.3, -0.25) is 24.3 Å². The van der Waals surface area contributed by atoms with Gasteiger partial charge in [0.1, 0.15) is 12.2 Å². The highest BCUT2D eigenvalue weighted by Gasteiger charge is 2.15. The Balaban J connectivity index is 1.76. The van der Waals surface area contributed by atoms with Crippen LogP contribution in [0.3, 0.4) is 0 Å². The maximum atomic E-state index is 12.2. The van der Waals surface area contributed by atoms with Gasteiger partial charge in [0.2, 0.25) is 5.91 Å². The number of anilines is 1. The predicted octanol–water partition coefficient (Wildman–Crippen LogP) is 2.46. The van der Waals surface area contributed by atoms with Gasteiger partial charge in [0, 0.05) is 17.7 Å². The molecule has 0 saturated heterocycles. The van der Waals surface area contributed by atoms with E-state index in [4.69, 9.17) is 0 Å². The first kappa shape index (κ1) is 17.0. The van der Waals surface area contributed by atoms with Gasteiger partial charge in [-0.05, 0) is 6.07 Å². The predicted molar refractivity (Wildman–Crippen MR) is 95.7 cm³/mol. The van der Waals surface area contributed by atoms with Crippen molar-refractivity contribution in [1.29, 1.82) is 0 Å². The van der Waals surface area contributed by atoms with Gasteiger partial charge < -0.3 is 5.32 Å². The monoisotopic (exact) mass is 350 g/mol. The number of amides is 1. The first-order chi connectivity index (χ1) is 12.5. The van der Waals surface area contributed by atoms with E-state index in [9.17, 15) is 19.7 Å². The molecule has 8 heteroatoms. The minimum Gasteiger partial charge on any atom is -0.319 e. The van der Waals surface area contributed by atoms with Crippen molar-refractivity contribution in [2.75, 3.05) is 5.32 Å². The lowest BCUT2D eigenvalue weighted by Gasteiger charge is -2.08. The minimum atomic E-state index is -0.585. The van der Waals surface area contributed by atoms with Gasteiger partial charge in [-0.2, -0.15) is 0 Å². The quantitative estimate of drug-likeness (QED) is 0.562. The third kappa shape index (κ3) is 3.81. The van der Waals surface area contributed by atoms with Crippen molar-refractivity contribution in [2.45, 2.75) is 6.54 Å². The van der Waals surface area contributed by atoms with Crippen LogP contribution in [0.25, 0.3) is 11.3 Å². The smallest absolute Gasteiger partial charge is 0.292 e. The van der Waals surface area contributed by atoms with Crippen LogP contribution in [0, 0.1) is 10.1 Å². The molecular formula is C18H14N4O4. The zero-order valence-electron chi connectivity index (χ0n) is 13.5. The summed E-state index contributed by atoms with van der Waals surface area (Å²) in [5, 5.41) is 13.4. The number of aromatic nitrogens is 2. The number of carbonyl (C=O) groups excluding carboxylic acids is 1. The van der Waals surface area contributed by atoms with E-state index in [1.807, 2.05) is 30.3 Å². The zero-order valence-corrected chi connectivity index (χ0v) is 13.5. The molecule has 2 aromatic carbocycles. The van der Waals surface area contributed by atoms with Crippen molar-refractivity contribution in [2.24, 2.45) is 0 Å².